The summed E-state index contributed by atoms with van der Waals surface area (Å²) in [6, 6.07) is 6.40. The van der Waals surface area contributed by atoms with E-state index < -0.39 is 0 Å². The van der Waals surface area contributed by atoms with Crippen LogP contribution in [0.25, 0.3) is 10.9 Å². The molecular weight excluding hydrogens is 172 g/mol. The molecule has 1 aromatic heterocycles. The van der Waals surface area contributed by atoms with Gasteiger partial charge in [-0.05, 0) is 31.0 Å². The quantitative estimate of drug-likeness (QED) is 0.733. The monoisotopic (exact) mass is 190 g/mol. The fraction of sp³-hybridized carbons (Fsp3) is 0.417. The summed E-state index contributed by atoms with van der Waals surface area (Å²) in [6.45, 7) is 8.21. The van der Waals surface area contributed by atoms with Crippen molar-refractivity contribution in [3.05, 3.63) is 29.5 Å². The van der Waals surface area contributed by atoms with Crippen molar-refractivity contribution in [2.45, 2.75) is 34.1 Å². The van der Waals surface area contributed by atoms with Gasteiger partial charge in [0.15, 0.2) is 0 Å². The van der Waals surface area contributed by atoms with E-state index in [0.717, 1.165) is 17.6 Å². The number of fused-ring (bicyclic) bond motifs is 1. The first-order chi connectivity index (χ1) is 6.81. The van der Waals surface area contributed by atoms with E-state index in [0.29, 0.717) is 0 Å². The standard InChI is InChI=1S/C10H12N2.C2H6/c1-3-8-4-5-10-9(6-8)7(2)11-12-10;1-2/h4-6H,3H2,1-2H3,(H,11,12);1-2H3. The third-order valence-electron chi connectivity index (χ3n) is 2.22. The topological polar surface area (TPSA) is 28.7 Å². The van der Waals surface area contributed by atoms with Crippen LogP contribution in [-0.4, -0.2) is 10.2 Å². The molecule has 0 saturated carbocycles. The van der Waals surface area contributed by atoms with E-state index in [-0.39, 0.29) is 0 Å². The molecule has 0 radical (unpaired) electrons. The average molecular weight is 190 g/mol. The largest absolute Gasteiger partial charge is 0.282 e. The highest BCUT2D eigenvalue weighted by Gasteiger charge is 2.00. The molecule has 2 aromatic rings. The highest BCUT2D eigenvalue weighted by atomic mass is 15.1. The molecule has 0 bridgehead atoms. The normalized spacial score (nSPS) is 9.71. The van der Waals surface area contributed by atoms with E-state index in [1.54, 1.807) is 0 Å². The zero-order valence-corrected chi connectivity index (χ0v) is 9.39. The van der Waals surface area contributed by atoms with Crippen molar-refractivity contribution in [2.24, 2.45) is 0 Å². The smallest absolute Gasteiger partial charge is 0.0923 e. The van der Waals surface area contributed by atoms with E-state index >= 15 is 0 Å². The van der Waals surface area contributed by atoms with Crippen molar-refractivity contribution in [3.8, 4) is 0 Å². The Morgan fingerprint density at radius 3 is 2.64 bits per heavy atom. The van der Waals surface area contributed by atoms with Gasteiger partial charge in [-0.25, -0.2) is 0 Å². The molecule has 2 rings (SSSR count). The van der Waals surface area contributed by atoms with Crippen molar-refractivity contribution in [1.82, 2.24) is 10.2 Å². The van der Waals surface area contributed by atoms with Gasteiger partial charge in [0.05, 0.1) is 5.52 Å². The molecule has 0 fully saturated rings. The number of benzene rings is 1. The van der Waals surface area contributed by atoms with Crippen molar-refractivity contribution < 1.29 is 0 Å². The van der Waals surface area contributed by atoms with Gasteiger partial charge >= 0.3 is 0 Å². The molecule has 0 aliphatic carbocycles. The Bertz CT molecular complexity index is 402. The van der Waals surface area contributed by atoms with Gasteiger partial charge in [0, 0.05) is 11.1 Å². The minimum absolute atomic E-state index is 1.06. The number of nitrogens with zero attached hydrogens (tertiary/aromatic N) is 1. The second-order valence-corrected chi connectivity index (χ2v) is 3.05. The molecular formula is C12H18N2. The number of aromatic nitrogens is 2. The Balaban J connectivity index is 0.000000461. The summed E-state index contributed by atoms with van der Waals surface area (Å²) < 4.78 is 0. The number of hydrogen-bond donors (Lipinski definition) is 1. The van der Waals surface area contributed by atoms with Crippen LogP contribution >= 0.6 is 0 Å². The fourth-order valence-corrected chi connectivity index (χ4v) is 1.41. The van der Waals surface area contributed by atoms with Crippen molar-refractivity contribution in [3.63, 3.8) is 0 Å². The molecule has 0 atom stereocenters. The minimum Gasteiger partial charge on any atom is -0.282 e. The second-order valence-electron chi connectivity index (χ2n) is 3.05. The molecule has 1 N–H and O–H groups in total. The third-order valence-corrected chi connectivity index (χ3v) is 2.22. The summed E-state index contributed by atoms with van der Waals surface area (Å²) in [6.07, 6.45) is 1.08. The molecule has 2 nitrogen and oxygen atoms in total. The van der Waals surface area contributed by atoms with Crippen LogP contribution < -0.4 is 0 Å². The third kappa shape index (κ3) is 1.95. The van der Waals surface area contributed by atoms with Crippen LogP contribution in [0.15, 0.2) is 18.2 Å². The van der Waals surface area contributed by atoms with E-state index in [1.807, 2.05) is 13.8 Å². The van der Waals surface area contributed by atoms with Crippen LogP contribution in [0.3, 0.4) is 0 Å². The van der Waals surface area contributed by atoms with E-state index in [4.69, 9.17) is 0 Å². The molecule has 1 heterocycles. The Morgan fingerprint density at radius 1 is 1.29 bits per heavy atom. The number of aromatic amines is 1. The summed E-state index contributed by atoms with van der Waals surface area (Å²) in [4.78, 5) is 0. The van der Waals surface area contributed by atoms with Crippen molar-refractivity contribution in [1.29, 1.82) is 0 Å². The average Bonchev–Trinajstić information content (AvgIpc) is 2.63. The second kappa shape index (κ2) is 4.80. The lowest BCUT2D eigenvalue weighted by atomic mass is 10.1. The summed E-state index contributed by atoms with van der Waals surface area (Å²) >= 11 is 0. The number of hydrogen-bond acceptors (Lipinski definition) is 1. The van der Waals surface area contributed by atoms with E-state index in [1.165, 1.54) is 10.9 Å². The maximum Gasteiger partial charge on any atom is 0.0923 e. The van der Waals surface area contributed by atoms with E-state index in [2.05, 4.69) is 42.2 Å². The van der Waals surface area contributed by atoms with Gasteiger partial charge in [0.25, 0.3) is 0 Å². The first-order valence-electron chi connectivity index (χ1n) is 5.25. The first-order valence-corrected chi connectivity index (χ1v) is 5.25. The maximum absolute atomic E-state index is 4.17. The SMILES string of the molecule is CC.CCc1ccc2n[nH]c(C)c2c1. The van der Waals surface area contributed by atoms with Crippen LogP contribution in [0.4, 0.5) is 0 Å². The molecule has 1 aromatic carbocycles. The van der Waals surface area contributed by atoms with Crippen LogP contribution in [0.5, 0.6) is 0 Å². The summed E-state index contributed by atoms with van der Waals surface area (Å²) in [5.41, 5.74) is 3.58. The zero-order chi connectivity index (χ0) is 10.6. The summed E-state index contributed by atoms with van der Waals surface area (Å²) in [5, 5.41) is 8.39. The van der Waals surface area contributed by atoms with Gasteiger partial charge in [-0.2, -0.15) is 5.10 Å². The van der Waals surface area contributed by atoms with Gasteiger partial charge in [-0.15, -0.1) is 0 Å². The molecule has 0 unspecified atom stereocenters. The lowest BCUT2D eigenvalue weighted by Gasteiger charge is -1.95. The Hall–Kier alpha value is -1.31. The summed E-state index contributed by atoms with van der Waals surface area (Å²) in [5.74, 6) is 0. The van der Waals surface area contributed by atoms with Gasteiger partial charge in [0.1, 0.15) is 0 Å². The highest BCUT2D eigenvalue weighted by Crippen LogP contribution is 2.16. The predicted octanol–water partition coefficient (Wildman–Crippen LogP) is 3.46. The molecule has 0 saturated heterocycles. The molecule has 0 aliphatic heterocycles. The lowest BCUT2D eigenvalue weighted by molar-refractivity contribution is 1.07. The fourth-order valence-electron chi connectivity index (χ4n) is 1.41. The van der Waals surface area contributed by atoms with Gasteiger partial charge in [-0.3, -0.25) is 5.10 Å². The number of aryl methyl sites for hydroxylation is 2. The minimum atomic E-state index is 1.06. The Labute approximate surface area is 85.3 Å². The highest BCUT2D eigenvalue weighted by molar-refractivity contribution is 5.81. The summed E-state index contributed by atoms with van der Waals surface area (Å²) in [7, 11) is 0. The Morgan fingerprint density at radius 2 is 2.00 bits per heavy atom. The van der Waals surface area contributed by atoms with Crippen LogP contribution in [-0.2, 0) is 6.42 Å². The van der Waals surface area contributed by atoms with Crippen LogP contribution in [0.2, 0.25) is 0 Å². The lowest BCUT2D eigenvalue weighted by Crippen LogP contribution is -1.78. The maximum atomic E-state index is 4.17. The molecule has 76 valence electrons. The van der Waals surface area contributed by atoms with Gasteiger partial charge < -0.3 is 0 Å². The zero-order valence-electron chi connectivity index (χ0n) is 9.39. The Kier molecular flexibility index (Phi) is 3.69. The number of nitrogens with one attached hydrogen (secondary N) is 1. The van der Waals surface area contributed by atoms with Crippen LogP contribution in [0.1, 0.15) is 32.0 Å². The molecule has 0 amide bonds. The first kappa shape index (κ1) is 10.8. The van der Waals surface area contributed by atoms with Gasteiger partial charge in [0.2, 0.25) is 0 Å². The molecule has 0 spiro atoms. The van der Waals surface area contributed by atoms with Crippen LogP contribution in [0, 0.1) is 6.92 Å². The molecule has 14 heavy (non-hydrogen) atoms. The predicted molar refractivity (Wildman–Crippen MR) is 61.6 cm³/mol. The number of H-pyrrole nitrogens is 1. The number of rotatable bonds is 1. The van der Waals surface area contributed by atoms with Gasteiger partial charge in [-0.1, -0.05) is 26.8 Å². The van der Waals surface area contributed by atoms with Crippen molar-refractivity contribution in [2.75, 3.05) is 0 Å². The molecule has 2 heteroatoms. The van der Waals surface area contributed by atoms with Crippen molar-refractivity contribution >= 4 is 10.9 Å². The molecule has 0 aliphatic rings. The van der Waals surface area contributed by atoms with E-state index in [9.17, 15) is 0 Å².